The Hall–Kier alpha value is -3.88. The Bertz CT molecular complexity index is 1280. The summed E-state index contributed by atoms with van der Waals surface area (Å²) in [5, 5.41) is 2.14. The molecular formula is C24H19F3N2O4. The van der Waals surface area contributed by atoms with Crippen LogP contribution in [0.1, 0.15) is 49.9 Å². The molecule has 1 aliphatic carbocycles. The highest BCUT2D eigenvalue weighted by molar-refractivity contribution is 6.07. The molecule has 170 valence electrons. The first kappa shape index (κ1) is 22.3. The molecule has 0 bridgehead atoms. The molecule has 2 N–H and O–H groups in total. The normalized spacial score (nSPS) is 15.6. The maximum absolute atomic E-state index is 13.2. The van der Waals surface area contributed by atoms with Gasteiger partial charge in [-0.05, 0) is 48.2 Å². The van der Waals surface area contributed by atoms with Gasteiger partial charge in [0.2, 0.25) is 0 Å². The Morgan fingerprint density at radius 2 is 1.76 bits per heavy atom. The van der Waals surface area contributed by atoms with E-state index in [-0.39, 0.29) is 23.7 Å². The van der Waals surface area contributed by atoms with Crippen molar-refractivity contribution in [2.75, 3.05) is 12.4 Å². The van der Waals surface area contributed by atoms with Crippen LogP contribution in [0.5, 0.6) is 5.75 Å². The van der Waals surface area contributed by atoms with Gasteiger partial charge in [-0.15, -0.1) is 0 Å². The van der Waals surface area contributed by atoms with Crippen LogP contribution in [0.15, 0.2) is 59.4 Å². The molecule has 0 radical (unpaired) electrons. The van der Waals surface area contributed by atoms with Gasteiger partial charge < -0.3 is 15.0 Å². The summed E-state index contributed by atoms with van der Waals surface area (Å²) < 4.78 is 44.8. The number of hydrogen-bond donors (Lipinski definition) is 2. The number of carbonyl (C=O) groups excluding carboxylic acids is 2. The summed E-state index contributed by atoms with van der Waals surface area (Å²) in [5.41, 5.74) is -1.23. The van der Waals surface area contributed by atoms with Crippen LogP contribution >= 0.6 is 0 Å². The van der Waals surface area contributed by atoms with E-state index in [9.17, 15) is 27.6 Å². The number of nitrogens with one attached hydrogen (secondary N) is 2. The average molecular weight is 456 g/mol. The predicted octanol–water partition coefficient (Wildman–Crippen LogP) is 4.57. The number of para-hydroxylation sites is 1. The summed E-state index contributed by atoms with van der Waals surface area (Å²) in [6, 6.07) is 12.9. The first-order valence-corrected chi connectivity index (χ1v) is 10.1. The highest BCUT2D eigenvalue weighted by Crippen LogP contribution is 2.35. The molecule has 1 aliphatic rings. The first-order chi connectivity index (χ1) is 15.7. The van der Waals surface area contributed by atoms with Crippen LogP contribution in [0.3, 0.4) is 0 Å². The summed E-state index contributed by atoms with van der Waals surface area (Å²) in [5.74, 6) is -0.777. The maximum atomic E-state index is 13.2. The van der Waals surface area contributed by atoms with Gasteiger partial charge >= 0.3 is 6.18 Å². The maximum Gasteiger partial charge on any atom is 0.418 e. The number of halogens is 3. The molecule has 0 saturated heterocycles. The van der Waals surface area contributed by atoms with Crippen LogP contribution in [-0.4, -0.2) is 23.8 Å². The summed E-state index contributed by atoms with van der Waals surface area (Å²) in [6.07, 6.45) is -4.14. The van der Waals surface area contributed by atoms with Gasteiger partial charge in [0.25, 0.3) is 11.5 Å². The minimum absolute atomic E-state index is 0.162. The predicted molar refractivity (Wildman–Crippen MR) is 115 cm³/mol. The second-order valence-corrected chi connectivity index (χ2v) is 7.70. The number of amides is 1. The number of methoxy groups -OCH3 is 1. The zero-order valence-electron chi connectivity index (χ0n) is 17.5. The lowest BCUT2D eigenvalue weighted by Crippen LogP contribution is -2.29. The number of Topliss-reactive ketones (excluding diaryl/α,β-unsaturated/α-hetero) is 1. The average Bonchev–Trinajstić information content (AvgIpc) is 2.78. The molecule has 33 heavy (non-hydrogen) atoms. The van der Waals surface area contributed by atoms with Crippen LogP contribution in [0.25, 0.3) is 0 Å². The lowest BCUT2D eigenvalue weighted by Gasteiger charge is -2.24. The number of pyridine rings is 1. The van der Waals surface area contributed by atoms with Gasteiger partial charge in [0.05, 0.1) is 18.4 Å². The molecule has 1 atom stereocenters. The van der Waals surface area contributed by atoms with Crippen molar-refractivity contribution in [2.24, 2.45) is 0 Å². The fourth-order valence-electron chi connectivity index (χ4n) is 3.94. The Morgan fingerprint density at radius 3 is 2.42 bits per heavy atom. The van der Waals surface area contributed by atoms with Crippen molar-refractivity contribution in [3.63, 3.8) is 0 Å². The van der Waals surface area contributed by atoms with Crippen LogP contribution in [-0.2, 0) is 12.6 Å². The number of ether oxygens (including phenoxy) is 1. The van der Waals surface area contributed by atoms with E-state index < -0.39 is 34.5 Å². The number of fused-ring (bicyclic) bond motifs is 1. The summed E-state index contributed by atoms with van der Waals surface area (Å²) in [7, 11) is 1.55. The molecule has 0 spiro atoms. The van der Waals surface area contributed by atoms with E-state index in [1.54, 1.807) is 19.2 Å². The Balaban J connectivity index is 1.61. The van der Waals surface area contributed by atoms with Crippen LogP contribution in [0.4, 0.5) is 18.9 Å². The van der Waals surface area contributed by atoms with E-state index in [1.807, 2.05) is 12.1 Å². The number of alkyl halides is 3. The van der Waals surface area contributed by atoms with Crippen molar-refractivity contribution in [3.8, 4) is 5.75 Å². The third-order valence-electron chi connectivity index (χ3n) is 5.62. The standard InChI is InChI=1S/C24H19F3N2O4/c1-33-15-8-6-13(7-9-15)14-10-20-16(21(30)11-14)12-17(23(32)29-20)22(31)28-19-5-3-2-4-18(19)24(25,26)27/h2-9,12,14H,10-11H2,1H3,(H,28,31)(H,29,32)/t14-/m0/s1. The van der Waals surface area contributed by atoms with Gasteiger partial charge in [0.1, 0.15) is 11.3 Å². The number of hydrogen-bond acceptors (Lipinski definition) is 4. The molecule has 0 fully saturated rings. The van der Waals surface area contributed by atoms with Crippen LogP contribution in [0.2, 0.25) is 0 Å². The molecule has 0 aliphatic heterocycles. The molecule has 1 heterocycles. The number of benzene rings is 2. The second kappa shape index (κ2) is 8.57. The van der Waals surface area contributed by atoms with Crippen molar-refractivity contribution >= 4 is 17.4 Å². The Kier molecular flexibility index (Phi) is 5.80. The van der Waals surface area contributed by atoms with Gasteiger partial charge in [-0.3, -0.25) is 14.4 Å². The monoisotopic (exact) mass is 456 g/mol. The third-order valence-corrected chi connectivity index (χ3v) is 5.62. The van der Waals surface area contributed by atoms with Gasteiger partial charge in [0.15, 0.2) is 5.78 Å². The molecule has 6 nitrogen and oxygen atoms in total. The third kappa shape index (κ3) is 4.52. The smallest absolute Gasteiger partial charge is 0.418 e. The summed E-state index contributed by atoms with van der Waals surface area (Å²) in [6.45, 7) is 0. The number of ketones is 1. The number of aromatic nitrogens is 1. The van der Waals surface area contributed by atoms with E-state index in [0.29, 0.717) is 17.9 Å². The quantitative estimate of drug-likeness (QED) is 0.602. The Morgan fingerprint density at radius 1 is 1.06 bits per heavy atom. The van der Waals surface area contributed by atoms with E-state index in [4.69, 9.17) is 4.74 Å². The minimum Gasteiger partial charge on any atom is -0.497 e. The van der Waals surface area contributed by atoms with Gasteiger partial charge in [-0.1, -0.05) is 24.3 Å². The second-order valence-electron chi connectivity index (χ2n) is 7.70. The number of rotatable bonds is 4. The molecule has 9 heteroatoms. The van der Waals surface area contributed by atoms with Gasteiger partial charge in [-0.2, -0.15) is 13.2 Å². The number of aromatic amines is 1. The largest absolute Gasteiger partial charge is 0.497 e. The fraction of sp³-hybridized carbons (Fsp3) is 0.208. The van der Waals surface area contributed by atoms with Crippen molar-refractivity contribution in [3.05, 3.63) is 92.9 Å². The molecular weight excluding hydrogens is 437 g/mol. The highest BCUT2D eigenvalue weighted by Gasteiger charge is 2.34. The lowest BCUT2D eigenvalue weighted by atomic mass is 9.81. The molecule has 0 saturated carbocycles. The van der Waals surface area contributed by atoms with Crippen LogP contribution in [0, 0.1) is 0 Å². The fourth-order valence-corrected chi connectivity index (χ4v) is 3.94. The summed E-state index contributed by atoms with van der Waals surface area (Å²) in [4.78, 5) is 40.6. The topological polar surface area (TPSA) is 88.3 Å². The minimum atomic E-state index is -4.68. The SMILES string of the molecule is COc1ccc([C@@H]2CC(=O)c3cc(C(=O)Nc4ccccc4C(F)(F)F)c(=O)[nH]c3C2)cc1. The van der Waals surface area contributed by atoms with E-state index >= 15 is 0 Å². The van der Waals surface area contributed by atoms with E-state index in [1.165, 1.54) is 12.1 Å². The molecule has 1 aromatic heterocycles. The summed E-state index contributed by atoms with van der Waals surface area (Å²) >= 11 is 0. The van der Waals surface area contributed by atoms with Gasteiger partial charge in [-0.25, -0.2) is 0 Å². The van der Waals surface area contributed by atoms with Crippen molar-refractivity contribution in [1.29, 1.82) is 0 Å². The molecule has 1 amide bonds. The molecule has 0 unspecified atom stereocenters. The molecule has 3 aromatic rings. The van der Waals surface area contributed by atoms with Crippen molar-refractivity contribution < 1.29 is 27.5 Å². The van der Waals surface area contributed by atoms with Crippen LogP contribution < -0.4 is 15.6 Å². The molecule has 2 aromatic carbocycles. The lowest BCUT2D eigenvalue weighted by molar-refractivity contribution is -0.136. The Labute approximate surface area is 186 Å². The zero-order valence-corrected chi connectivity index (χ0v) is 17.5. The molecule has 4 rings (SSSR count). The van der Waals surface area contributed by atoms with E-state index in [2.05, 4.69) is 10.3 Å². The van der Waals surface area contributed by atoms with Crippen molar-refractivity contribution in [2.45, 2.75) is 24.9 Å². The zero-order chi connectivity index (χ0) is 23.8. The number of carbonyl (C=O) groups is 2. The van der Waals surface area contributed by atoms with E-state index in [0.717, 1.165) is 23.8 Å². The van der Waals surface area contributed by atoms with Crippen molar-refractivity contribution in [1.82, 2.24) is 4.98 Å². The highest BCUT2D eigenvalue weighted by atomic mass is 19.4. The number of anilines is 1. The van der Waals surface area contributed by atoms with Gasteiger partial charge in [0, 0.05) is 17.7 Å². The first-order valence-electron chi connectivity index (χ1n) is 10.1. The number of H-pyrrole nitrogens is 1.